The van der Waals surface area contributed by atoms with Gasteiger partial charge in [-0.3, -0.25) is 14.9 Å². The zero-order valence-corrected chi connectivity index (χ0v) is 29.0. The van der Waals surface area contributed by atoms with Gasteiger partial charge < -0.3 is 19.3 Å². The molecular weight excluding hydrogens is 612 g/mol. The quantitative estimate of drug-likeness (QED) is 0.110. The number of amides is 3. The van der Waals surface area contributed by atoms with Gasteiger partial charge in [0, 0.05) is 12.2 Å². The molecular formula is C37H48N4O7. The van der Waals surface area contributed by atoms with Gasteiger partial charge in [0.1, 0.15) is 18.2 Å². The van der Waals surface area contributed by atoms with E-state index in [0.29, 0.717) is 42.5 Å². The average Bonchev–Trinajstić information content (AvgIpc) is 3.12. The minimum atomic E-state index is -0.837. The van der Waals surface area contributed by atoms with E-state index in [9.17, 15) is 14.4 Å². The average molecular weight is 661 g/mol. The number of anilines is 2. The number of ether oxygens (including phenoxy) is 2. The second kappa shape index (κ2) is 16.6. The highest BCUT2D eigenvalue weighted by atomic mass is 17.2. The number of benzene rings is 2. The summed E-state index contributed by atoms with van der Waals surface area (Å²) in [6.45, 7) is 13.8. The Kier molecular flexibility index (Phi) is 12.5. The lowest BCUT2D eigenvalue weighted by Crippen LogP contribution is -2.49. The van der Waals surface area contributed by atoms with Crippen molar-refractivity contribution in [1.82, 2.24) is 9.88 Å². The molecule has 0 saturated carbocycles. The molecule has 11 heteroatoms. The molecule has 0 fully saturated rings. The van der Waals surface area contributed by atoms with Crippen LogP contribution in [0.25, 0.3) is 0 Å². The molecule has 1 aliphatic heterocycles. The molecule has 0 saturated heterocycles. The number of aromatic nitrogens is 1. The molecule has 11 nitrogen and oxygen atoms in total. The Morgan fingerprint density at radius 2 is 1.73 bits per heavy atom. The van der Waals surface area contributed by atoms with Gasteiger partial charge in [0.05, 0.1) is 30.5 Å². The van der Waals surface area contributed by atoms with Gasteiger partial charge in [-0.25, -0.2) is 19.6 Å². The van der Waals surface area contributed by atoms with Crippen molar-refractivity contribution in [2.75, 3.05) is 30.0 Å². The maximum atomic E-state index is 14.5. The molecule has 0 bridgehead atoms. The lowest BCUT2D eigenvalue weighted by molar-refractivity contribution is -0.297. The zero-order valence-electron chi connectivity index (χ0n) is 29.0. The molecule has 3 aromatic rings. The van der Waals surface area contributed by atoms with Crippen molar-refractivity contribution >= 4 is 29.4 Å². The van der Waals surface area contributed by atoms with Crippen LogP contribution in [0.15, 0.2) is 66.9 Å². The van der Waals surface area contributed by atoms with Gasteiger partial charge in [0.25, 0.3) is 11.8 Å². The number of nitrogens with zero attached hydrogens (tertiary/aromatic N) is 3. The first-order valence-electron chi connectivity index (χ1n) is 16.6. The van der Waals surface area contributed by atoms with Crippen LogP contribution in [0.4, 0.5) is 16.3 Å². The lowest BCUT2D eigenvalue weighted by atomic mass is 10.0. The first kappa shape index (κ1) is 36.4. The Bertz CT molecular complexity index is 1540. The highest BCUT2D eigenvalue weighted by Crippen LogP contribution is 2.37. The molecule has 48 heavy (non-hydrogen) atoms. The first-order chi connectivity index (χ1) is 22.9. The van der Waals surface area contributed by atoms with Crippen LogP contribution in [0.5, 0.6) is 5.75 Å². The van der Waals surface area contributed by atoms with Gasteiger partial charge in [-0.05, 0) is 103 Å². The predicted octanol–water partition coefficient (Wildman–Crippen LogP) is 7.13. The summed E-state index contributed by atoms with van der Waals surface area (Å²) in [5.74, 6) is 0.328. The molecule has 2 atom stereocenters. The molecule has 2 heterocycles. The lowest BCUT2D eigenvalue weighted by Gasteiger charge is -2.36. The maximum Gasteiger partial charge on any atom is 0.413 e. The summed E-state index contributed by atoms with van der Waals surface area (Å²) in [6.07, 6.45) is 3.16. The van der Waals surface area contributed by atoms with Crippen molar-refractivity contribution in [2.24, 2.45) is 0 Å². The van der Waals surface area contributed by atoms with Gasteiger partial charge in [0.2, 0.25) is 0 Å². The largest absolute Gasteiger partial charge is 0.490 e. The van der Waals surface area contributed by atoms with Gasteiger partial charge in [-0.2, -0.15) is 0 Å². The molecule has 0 radical (unpaired) electrons. The van der Waals surface area contributed by atoms with Crippen LogP contribution in [-0.2, 0) is 25.7 Å². The van der Waals surface area contributed by atoms with Gasteiger partial charge >= 0.3 is 6.09 Å². The fraction of sp³-hybridized carbons (Fsp3) is 0.459. The second-order valence-electron chi connectivity index (χ2n) is 13.0. The molecule has 0 aliphatic carbocycles. The van der Waals surface area contributed by atoms with Gasteiger partial charge in [-0.15, -0.1) is 0 Å². The van der Waals surface area contributed by atoms with E-state index in [2.05, 4.69) is 10.3 Å². The van der Waals surface area contributed by atoms with Crippen molar-refractivity contribution in [3.8, 4) is 5.75 Å². The standard InChI is InChI=1S/C37H48N4O7/c1-8-46-47-24-26(4)41-32(28-16-10-9-11-17-28)35(43)40(25(2)3)30-20-19-27(23-29(30)34(41)42)15-12-13-22-45-31-18-14-21-38-33(31)39-36(44)48-37(5,6)7/h9-11,14,16-21,23,25-26,32H,8,12-13,15,22,24H2,1-7H3,(H,38,39,44). The fourth-order valence-corrected chi connectivity index (χ4v) is 5.60. The zero-order chi connectivity index (χ0) is 34.8. The third-order valence-corrected chi connectivity index (χ3v) is 7.66. The number of carbonyl (C=O) groups is 3. The third kappa shape index (κ3) is 9.32. The van der Waals surface area contributed by atoms with Crippen LogP contribution in [0, 0.1) is 0 Å². The summed E-state index contributed by atoms with van der Waals surface area (Å²) in [4.78, 5) is 59.2. The summed E-state index contributed by atoms with van der Waals surface area (Å²) < 4.78 is 11.3. The van der Waals surface area contributed by atoms with Crippen molar-refractivity contribution < 1.29 is 33.6 Å². The maximum absolute atomic E-state index is 14.5. The SMILES string of the molecule is CCOOCC(C)N1C(=O)c2cc(CCCCOc3cccnc3NC(=O)OC(C)(C)C)ccc2N(C(C)C)C(=O)C1c1ccccc1. The Labute approximate surface area is 283 Å². The molecule has 2 aromatic carbocycles. The highest BCUT2D eigenvalue weighted by molar-refractivity contribution is 6.11. The second-order valence-corrected chi connectivity index (χ2v) is 13.0. The minimum absolute atomic E-state index is 0.110. The Morgan fingerprint density at radius 3 is 2.42 bits per heavy atom. The van der Waals surface area contributed by atoms with E-state index in [1.165, 1.54) is 0 Å². The van der Waals surface area contributed by atoms with Crippen LogP contribution in [0.2, 0.25) is 0 Å². The van der Waals surface area contributed by atoms with E-state index < -0.39 is 23.8 Å². The van der Waals surface area contributed by atoms with Crippen LogP contribution in [-0.4, -0.2) is 65.3 Å². The molecule has 1 N–H and O–H groups in total. The predicted molar refractivity (Wildman–Crippen MR) is 184 cm³/mol. The Morgan fingerprint density at radius 1 is 0.979 bits per heavy atom. The van der Waals surface area contributed by atoms with Crippen LogP contribution in [0.1, 0.15) is 88.8 Å². The van der Waals surface area contributed by atoms with Crippen LogP contribution >= 0.6 is 0 Å². The third-order valence-electron chi connectivity index (χ3n) is 7.66. The number of pyridine rings is 1. The minimum Gasteiger partial charge on any atom is -0.490 e. The summed E-state index contributed by atoms with van der Waals surface area (Å²) in [7, 11) is 0. The monoisotopic (exact) mass is 660 g/mol. The molecule has 2 unspecified atom stereocenters. The van der Waals surface area contributed by atoms with Crippen molar-refractivity contribution in [3.05, 3.63) is 83.6 Å². The molecule has 1 aliphatic rings. The van der Waals surface area contributed by atoms with Gasteiger partial charge in [-0.1, -0.05) is 36.4 Å². The normalized spacial score (nSPS) is 15.6. The Balaban J connectivity index is 1.51. The van der Waals surface area contributed by atoms with Gasteiger partial charge in [0.15, 0.2) is 11.6 Å². The molecule has 4 rings (SSSR count). The highest BCUT2D eigenvalue weighted by Gasteiger charge is 2.43. The van der Waals surface area contributed by atoms with E-state index in [1.807, 2.05) is 76.2 Å². The number of unbranched alkanes of at least 4 members (excludes halogenated alkanes) is 1. The van der Waals surface area contributed by atoms with E-state index >= 15 is 0 Å². The van der Waals surface area contributed by atoms with Crippen LogP contribution < -0.4 is 15.0 Å². The molecule has 3 amide bonds. The first-order valence-corrected chi connectivity index (χ1v) is 16.6. The smallest absolute Gasteiger partial charge is 0.413 e. The fourth-order valence-electron chi connectivity index (χ4n) is 5.60. The molecule has 0 spiro atoms. The number of nitrogens with one attached hydrogen (secondary N) is 1. The number of fused-ring (bicyclic) bond motifs is 1. The Hall–Kier alpha value is -4.48. The number of hydrogen-bond donors (Lipinski definition) is 1. The van der Waals surface area contributed by atoms with E-state index in [4.69, 9.17) is 19.2 Å². The topological polar surface area (TPSA) is 120 Å². The number of rotatable bonds is 14. The number of aryl methyl sites for hydroxylation is 1. The number of hydrogen-bond acceptors (Lipinski definition) is 8. The van der Waals surface area contributed by atoms with Crippen molar-refractivity contribution in [3.63, 3.8) is 0 Å². The summed E-state index contributed by atoms with van der Waals surface area (Å²) in [5.41, 5.74) is 2.14. The summed E-state index contributed by atoms with van der Waals surface area (Å²) >= 11 is 0. The summed E-state index contributed by atoms with van der Waals surface area (Å²) in [6, 6.07) is 17.2. The number of carbonyl (C=O) groups excluding carboxylic acids is 3. The van der Waals surface area contributed by atoms with Crippen molar-refractivity contribution in [2.45, 2.75) is 91.5 Å². The molecule has 1 aromatic heterocycles. The van der Waals surface area contributed by atoms with Crippen LogP contribution in [0.3, 0.4) is 0 Å². The molecule has 258 valence electrons. The summed E-state index contributed by atoms with van der Waals surface area (Å²) in [5, 5.41) is 2.65. The van der Waals surface area contributed by atoms with E-state index in [1.54, 1.807) is 48.9 Å². The van der Waals surface area contributed by atoms with Crippen molar-refractivity contribution in [1.29, 1.82) is 0 Å². The van der Waals surface area contributed by atoms with E-state index in [-0.39, 0.29) is 24.5 Å². The van der Waals surface area contributed by atoms with E-state index in [0.717, 1.165) is 24.0 Å².